The highest BCUT2D eigenvalue weighted by molar-refractivity contribution is 9.10. The van der Waals surface area contributed by atoms with E-state index in [-0.39, 0.29) is 5.91 Å². The number of methoxy groups -OCH3 is 1. The fourth-order valence-corrected chi connectivity index (χ4v) is 3.75. The zero-order valence-electron chi connectivity index (χ0n) is 19.8. The normalized spacial score (nSPS) is 10.7. The van der Waals surface area contributed by atoms with E-state index in [1.165, 1.54) is 6.08 Å². The third kappa shape index (κ3) is 8.00. The number of amides is 1. The number of anilines is 1. The van der Waals surface area contributed by atoms with E-state index in [2.05, 4.69) is 21.2 Å². The molecule has 0 aliphatic heterocycles. The molecule has 0 aliphatic rings. The minimum Gasteiger partial charge on any atom is -0.493 e. The van der Waals surface area contributed by atoms with Gasteiger partial charge < -0.3 is 19.5 Å². The molecule has 3 aromatic carbocycles. The zero-order chi connectivity index (χ0) is 25.0. The Labute approximate surface area is 214 Å². The maximum absolute atomic E-state index is 12.5. The Balaban J connectivity index is 1.64. The number of halogens is 1. The summed E-state index contributed by atoms with van der Waals surface area (Å²) in [6.45, 7) is 2.81. The van der Waals surface area contributed by atoms with E-state index in [4.69, 9.17) is 14.2 Å². The minimum atomic E-state index is -0.406. The summed E-state index contributed by atoms with van der Waals surface area (Å²) in [4.78, 5) is 24.6. The van der Waals surface area contributed by atoms with Crippen LogP contribution in [0, 0.1) is 0 Å². The summed E-state index contributed by atoms with van der Waals surface area (Å²) in [5.74, 6) is 0.392. The molecule has 35 heavy (non-hydrogen) atoms. The Bertz CT molecular complexity index is 1180. The second-order valence-electron chi connectivity index (χ2n) is 7.70. The average molecular weight is 538 g/mol. The molecule has 0 aliphatic carbocycles. The number of rotatable bonds is 11. The summed E-state index contributed by atoms with van der Waals surface area (Å²) in [5.41, 5.74) is 2.69. The van der Waals surface area contributed by atoms with Gasteiger partial charge in [0.1, 0.15) is 6.61 Å². The molecule has 6 nitrogen and oxygen atoms in total. The molecule has 0 unspecified atom stereocenters. The third-order valence-electron chi connectivity index (χ3n) is 5.00. The fraction of sp³-hybridized carbons (Fsp3) is 0.214. The van der Waals surface area contributed by atoms with Gasteiger partial charge >= 0.3 is 5.97 Å². The number of unbranched alkanes of at least 4 members (excludes halogenated alkanes) is 1. The lowest BCUT2D eigenvalue weighted by Crippen LogP contribution is -2.10. The highest BCUT2D eigenvalue weighted by Crippen LogP contribution is 2.37. The van der Waals surface area contributed by atoms with E-state index in [0.717, 1.165) is 24.0 Å². The SMILES string of the molecule is CCCCOC(=O)c1cccc(NC(=O)/C=C/c2cc(Br)c(OCc3ccccc3)c(OC)c2)c1. The lowest BCUT2D eigenvalue weighted by Gasteiger charge is -2.13. The van der Waals surface area contributed by atoms with E-state index in [0.29, 0.717) is 40.4 Å². The van der Waals surface area contributed by atoms with Crippen molar-refractivity contribution in [3.05, 3.63) is 94.0 Å². The van der Waals surface area contributed by atoms with Gasteiger partial charge in [0, 0.05) is 11.8 Å². The van der Waals surface area contributed by atoms with Gasteiger partial charge in [0.25, 0.3) is 0 Å². The molecular weight excluding hydrogens is 510 g/mol. The van der Waals surface area contributed by atoms with Gasteiger partial charge in [-0.1, -0.05) is 49.7 Å². The van der Waals surface area contributed by atoms with Crippen molar-refractivity contribution in [2.45, 2.75) is 26.4 Å². The molecule has 0 spiro atoms. The molecule has 0 saturated heterocycles. The number of carbonyl (C=O) groups excluding carboxylic acids is 2. The Morgan fingerprint density at radius 3 is 2.57 bits per heavy atom. The van der Waals surface area contributed by atoms with Crippen molar-refractivity contribution in [2.24, 2.45) is 0 Å². The van der Waals surface area contributed by atoms with Gasteiger partial charge in [-0.15, -0.1) is 0 Å². The number of benzene rings is 3. The van der Waals surface area contributed by atoms with Crippen LogP contribution >= 0.6 is 15.9 Å². The maximum atomic E-state index is 12.5. The Hall–Kier alpha value is -3.58. The van der Waals surface area contributed by atoms with Crippen LogP contribution in [0.2, 0.25) is 0 Å². The predicted octanol–water partition coefficient (Wildman–Crippen LogP) is 6.65. The van der Waals surface area contributed by atoms with Crippen molar-refractivity contribution >= 4 is 39.6 Å². The lowest BCUT2D eigenvalue weighted by molar-refractivity contribution is -0.111. The van der Waals surface area contributed by atoms with Crippen LogP contribution in [0.3, 0.4) is 0 Å². The second kappa shape index (κ2) is 13.3. The van der Waals surface area contributed by atoms with Crippen LogP contribution in [0.5, 0.6) is 11.5 Å². The quantitative estimate of drug-likeness (QED) is 0.168. The molecule has 182 valence electrons. The molecule has 1 N–H and O–H groups in total. The van der Waals surface area contributed by atoms with Gasteiger partial charge in [0.15, 0.2) is 11.5 Å². The molecule has 0 heterocycles. The maximum Gasteiger partial charge on any atom is 0.338 e. The average Bonchev–Trinajstić information content (AvgIpc) is 2.87. The Morgan fingerprint density at radius 1 is 1.03 bits per heavy atom. The van der Waals surface area contributed by atoms with Crippen LogP contribution in [-0.2, 0) is 16.1 Å². The van der Waals surface area contributed by atoms with E-state index < -0.39 is 5.97 Å². The molecule has 3 rings (SSSR count). The number of hydrogen-bond acceptors (Lipinski definition) is 5. The lowest BCUT2D eigenvalue weighted by atomic mass is 10.1. The first-order chi connectivity index (χ1) is 17.0. The molecule has 0 bridgehead atoms. The van der Waals surface area contributed by atoms with Gasteiger partial charge in [-0.3, -0.25) is 4.79 Å². The third-order valence-corrected chi connectivity index (χ3v) is 5.59. The van der Waals surface area contributed by atoms with Crippen LogP contribution in [0.1, 0.15) is 41.3 Å². The first-order valence-corrected chi connectivity index (χ1v) is 12.1. The molecule has 0 fully saturated rings. The second-order valence-corrected chi connectivity index (χ2v) is 8.56. The summed E-state index contributed by atoms with van der Waals surface area (Å²) in [7, 11) is 1.57. The van der Waals surface area contributed by atoms with E-state index in [1.54, 1.807) is 43.5 Å². The molecule has 7 heteroatoms. The summed E-state index contributed by atoms with van der Waals surface area (Å²) < 4.78 is 17.4. The van der Waals surface area contributed by atoms with Crippen molar-refractivity contribution in [1.29, 1.82) is 0 Å². The number of carbonyl (C=O) groups is 2. The zero-order valence-corrected chi connectivity index (χ0v) is 21.3. The van der Waals surface area contributed by atoms with Crippen molar-refractivity contribution in [3.63, 3.8) is 0 Å². The molecule has 0 saturated carbocycles. The Kier molecular flexibility index (Phi) is 9.93. The molecule has 0 radical (unpaired) electrons. The molecule has 0 aromatic heterocycles. The van der Waals surface area contributed by atoms with Crippen molar-refractivity contribution in [3.8, 4) is 11.5 Å². The summed E-state index contributed by atoms with van der Waals surface area (Å²) in [6.07, 6.45) is 4.85. The topological polar surface area (TPSA) is 73.9 Å². The highest BCUT2D eigenvalue weighted by atomic mass is 79.9. The fourth-order valence-electron chi connectivity index (χ4n) is 3.18. The number of nitrogens with one attached hydrogen (secondary N) is 1. The molecule has 0 atom stereocenters. The van der Waals surface area contributed by atoms with Crippen LogP contribution in [0.4, 0.5) is 5.69 Å². The van der Waals surface area contributed by atoms with Gasteiger partial charge in [0.2, 0.25) is 5.91 Å². The summed E-state index contributed by atoms with van der Waals surface area (Å²) in [5, 5.41) is 2.77. The van der Waals surface area contributed by atoms with Crippen molar-refractivity contribution < 1.29 is 23.8 Å². The van der Waals surface area contributed by atoms with Gasteiger partial charge in [-0.05, 0) is 69.9 Å². The smallest absolute Gasteiger partial charge is 0.338 e. The molecule has 1 amide bonds. The van der Waals surface area contributed by atoms with Gasteiger partial charge in [-0.2, -0.15) is 0 Å². The first kappa shape index (κ1) is 26.0. The summed E-state index contributed by atoms with van der Waals surface area (Å²) in [6, 6.07) is 20.2. The van der Waals surface area contributed by atoms with E-state index >= 15 is 0 Å². The van der Waals surface area contributed by atoms with Crippen LogP contribution in [0.25, 0.3) is 6.08 Å². The molecular formula is C28H28BrNO5. The number of ether oxygens (including phenoxy) is 3. The van der Waals surface area contributed by atoms with Crippen LogP contribution in [0.15, 0.2) is 77.3 Å². The van der Waals surface area contributed by atoms with Crippen molar-refractivity contribution in [1.82, 2.24) is 0 Å². The summed E-state index contributed by atoms with van der Waals surface area (Å²) >= 11 is 3.53. The standard InChI is InChI=1S/C28H28BrNO5/c1-3-4-15-34-28(32)22-11-8-12-23(18-22)30-26(31)14-13-21-16-24(29)27(25(17-21)33-2)35-19-20-9-6-5-7-10-20/h5-14,16-18H,3-4,15,19H2,1-2H3,(H,30,31)/b14-13+. The largest absolute Gasteiger partial charge is 0.493 e. The monoisotopic (exact) mass is 537 g/mol. The minimum absolute atomic E-state index is 0.332. The van der Waals surface area contributed by atoms with Gasteiger partial charge in [-0.25, -0.2) is 4.79 Å². The van der Waals surface area contributed by atoms with E-state index in [1.807, 2.05) is 43.3 Å². The molecule has 3 aromatic rings. The number of hydrogen-bond donors (Lipinski definition) is 1. The highest BCUT2D eigenvalue weighted by Gasteiger charge is 2.12. The number of esters is 1. The van der Waals surface area contributed by atoms with Crippen LogP contribution < -0.4 is 14.8 Å². The van der Waals surface area contributed by atoms with Crippen molar-refractivity contribution in [2.75, 3.05) is 19.0 Å². The Morgan fingerprint density at radius 2 is 1.83 bits per heavy atom. The van der Waals surface area contributed by atoms with Gasteiger partial charge in [0.05, 0.1) is 23.8 Å². The van der Waals surface area contributed by atoms with E-state index in [9.17, 15) is 9.59 Å². The van der Waals surface area contributed by atoms with Crippen LogP contribution in [-0.4, -0.2) is 25.6 Å². The first-order valence-electron chi connectivity index (χ1n) is 11.3. The predicted molar refractivity (Wildman–Crippen MR) is 141 cm³/mol.